The van der Waals surface area contributed by atoms with Gasteiger partial charge in [-0.2, -0.15) is 5.10 Å². The number of carbonyl (C=O) groups excluding carboxylic acids is 1. The predicted molar refractivity (Wildman–Crippen MR) is 165 cm³/mol. The molecule has 0 atom stereocenters. The smallest absolute Gasteiger partial charge is 0.254 e. The van der Waals surface area contributed by atoms with Gasteiger partial charge in [0.25, 0.3) is 5.91 Å². The fraction of sp³-hybridized carbons (Fsp3) is 0.576. The van der Waals surface area contributed by atoms with Gasteiger partial charge in [-0.25, -0.2) is 5.43 Å². The van der Waals surface area contributed by atoms with Gasteiger partial charge in [0.15, 0.2) is 0 Å². The van der Waals surface area contributed by atoms with E-state index in [1.807, 2.05) is 18.0 Å². The van der Waals surface area contributed by atoms with Crippen LogP contribution in [0.15, 0.2) is 41.5 Å². The minimum Gasteiger partial charge on any atom is -0.507 e. The molecule has 6 nitrogen and oxygen atoms in total. The van der Waals surface area contributed by atoms with Gasteiger partial charge in [-0.15, -0.1) is 0 Å². The number of nitrogens with zero attached hydrogens (tertiary/aromatic N) is 3. The summed E-state index contributed by atoms with van der Waals surface area (Å²) in [6, 6.07) is 12.9. The number of carbonyl (C=O) groups is 1. The first-order valence-electron chi connectivity index (χ1n) is 14.0. The number of nitrogens with one attached hydrogen (secondary N) is 1. The van der Waals surface area contributed by atoms with Crippen molar-refractivity contribution in [2.45, 2.75) is 91.5 Å². The molecule has 0 unspecified atom stereocenters. The van der Waals surface area contributed by atoms with Crippen LogP contribution in [0, 0.1) is 0 Å². The first kappa shape index (κ1) is 32.5. The Bertz CT molecular complexity index is 1120. The maximum absolute atomic E-state index is 12.5. The van der Waals surface area contributed by atoms with Crippen LogP contribution >= 0.6 is 0 Å². The molecule has 0 fully saturated rings. The number of phenolic OH excluding ortho intramolecular Hbond substituents is 1. The zero-order valence-corrected chi connectivity index (χ0v) is 26.3. The first-order valence-corrected chi connectivity index (χ1v) is 14.0. The fourth-order valence-corrected chi connectivity index (χ4v) is 4.40. The molecule has 0 saturated heterocycles. The molecule has 2 N–H and O–H groups in total. The predicted octanol–water partition coefficient (Wildman–Crippen LogP) is 6.19. The Morgan fingerprint density at radius 2 is 1.41 bits per heavy atom. The molecule has 0 bridgehead atoms. The van der Waals surface area contributed by atoms with Gasteiger partial charge < -0.3 is 10.0 Å². The largest absolute Gasteiger partial charge is 0.507 e. The van der Waals surface area contributed by atoms with Gasteiger partial charge in [0.05, 0.1) is 12.8 Å². The molecule has 216 valence electrons. The summed E-state index contributed by atoms with van der Waals surface area (Å²) >= 11 is 0. The van der Waals surface area contributed by atoms with E-state index in [0.29, 0.717) is 5.56 Å². The summed E-state index contributed by atoms with van der Waals surface area (Å²) in [5.41, 5.74) is 7.75. The molecule has 0 aromatic heterocycles. The molecule has 0 spiro atoms. The second-order valence-electron chi connectivity index (χ2n) is 14.0. The van der Waals surface area contributed by atoms with Crippen LogP contribution in [0.1, 0.15) is 96.6 Å². The van der Waals surface area contributed by atoms with E-state index in [2.05, 4.69) is 115 Å². The minimum absolute atomic E-state index is 0.0762. The maximum Gasteiger partial charge on any atom is 0.254 e. The number of amides is 1. The molecule has 0 saturated carbocycles. The maximum atomic E-state index is 12.5. The highest BCUT2D eigenvalue weighted by molar-refractivity contribution is 5.86. The summed E-state index contributed by atoms with van der Waals surface area (Å²) in [6.45, 7) is 22.3. The molecule has 0 radical (unpaired) electrons. The number of benzene rings is 2. The number of phenols is 1. The fourth-order valence-electron chi connectivity index (χ4n) is 4.40. The van der Waals surface area contributed by atoms with Crippen LogP contribution in [0.25, 0.3) is 0 Å². The highest BCUT2D eigenvalue weighted by Gasteiger charge is 2.24. The van der Waals surface area contributed by atoms with Crippen molar-refractivity contribution in [3.8, 4) is 5.75 Å². The van der Waals surface area contributed by atoms with Crippen molar-refractivity contribution in [3.05, 3.63) is 64.2 Å². The molecule has 2 aromatic rings. The van der Waals surface area contributed by atoms with E-state index in [0.717, 1.165) is 37.2 Å². The van der Waals surface area contributed by atoms with Gasteiger partial charge in [0.1, 0.15) is 5.75 Å². The lowest BCUT2D eigenvalue weighted by Crippen LogP contribution is -2.34. The Kier molecular flexibility index (Phi) is 10.9. The quantitative estimate of drug-likeness (QED) is 0.281. The van der Waals surface area contributed by atoms with Gasteiger partial charge in [-0.3, -0.25) is 9.69 Å². The highest BCUT2D eigenvalue weighted by atomic mass is 16.3. The Morgan fingerprint density at radius 3 is 1.95 bits per heavy atom. The summed E-state index contributed by atoms with van der Waals surface area (Å²) < 4.78 is 0. The Hall–Kier alpha value is -2.70. The third-order valence-electron chi connectivity index (χ3n) is 6.97. The first-order chi connectivity index (χ1) is 17.9. The topological polar surface area (TPSA) is 68.2 Å². The summed E-state index contributed by atoms with van der Waals surface area (Å²) in [7, 11) is 4.08. The van der Waals surface area contributed by atoms with E-state index >= 15 is 0 Å². The number of aromatic hydroxyl groups is 1. The van der Waals surface area contributed by atoms with Crippen molar-refractivity contribution in [2.24, 2.45) is 5.10 Å². The monoisotopic (exact) mass is 536 g/mol. The van der Waals surface area contributed by atoms with Crippen LogP contribution in [0.2, 0.25) is 0 Å². The number of rotatable bonds is 10. The standard InChI is InChI=1S/C33H52N4O2/c1-31(2,3)26-15-13-24(14-16-26)22-36(10)17-12-18-37(11)23-29(38)35-34-21-25-19-27(32(4,5)6)20-28(30(25)39)33(7,8)9/h13-16,19-21,39H,12,17-18,22-23H2,1-11H3,(H,35,38)/b34-21+. The lowest BCUT2D eigenvalue weighted by Gasteiger charge is -2.26. The zero-order chi connectivity index (χ0) is 29.6. The average Bonchev–Trinajstić information content (AvgIpc) is 2.78. The van der Waals surface area contributed by atoms with Crippen LogP contribution in [0.4, 0.5) is 0 Å². The van der Waals surface area contributed by atoms with Crippen LogP contribution < -0.4 is 5.43 Å². The van der Waals surface area contributed by atoms with Crippen molar-refractivity contribution in [1.82, 2.24) is 15.2 Å². The van der Waals surface area contributed by atoms with E-state index < -0.39 is 0 Å². The van der Waals surface area contributed by atoms with Crippen molar-refractivity contribution >= 4 is 12.1 Å². The van der Waals surface area contributed by atoms with Gasteiger partial charge in [0, 0.05) is 17.7 Å². The molecule has 2 rings (SSSR count). The second kappa shape index (κ2) is 13.1. The molecule has 0 aliphatic heterocycles. The third-order valence-corrected chi connectivity index (χ3v) is 6.97. The molecule has 1 amide bonds. The molecule has 2 aromatic carbocycles. The number of hydrazone groups is 1. The van der Waals surface area contributed by atoms with E-state index in [9.17, 15) is 9.90 Å². The van der Waals surface area contributed by atoms with E-state index in [1.165, 1.54) is 11.1 Å². The SMILES string of the molecule is CN(CCCN(C)Cc1ccc(C(C)(C)C)cc1)CC(=O)N/N=C/c1cc(C(C)(C)C)cc(C(C)(C)C)c1O. The summed E-state index contributed by atoms with van der Waals surface area (Å²) in [4.78, 5) is 16.8. The second-order valence-corrected chi connectivity index (χ2v) is 14.0. The van der Waals surface area contributed by atoms with Crippen LogP contribution in [-0.2, 0) is 27.6 Å². The molecule has 0 heterocycles. The molecule has 0 aliphatic carbocycles. The highest BCUT2D eigenvalue weighted by Crippen LogP contribution is 2.37. The van der Waals surface area contributed by atoms with Gasteiger partial charge in [-0.1, -0.05) is 92.6 Å². The van der Waals surface area contributed by atoms with Crippen molar-refractivity contribution in [1.29, 1.82) is 0 Å². The number of likely N-dealkylation sites (N-methyl/N-ethyl adjacent to an activating group) is 1. The molecule has 6 heteroatoms. The van der Waals surface area contributed by atoms with E-state index in [-0.39, 0.29) is 34.4 Å². The summed E-state index contributed by atoms with van der Waals surface area (Å²) in [5.74, 6) is 0.0310. The molecular formula is C33H52N4O2. The van der Waals surface area contributed by atoms with E-state index in [4.69, 9.17) is 0 Å². The average molecular weight is 537 g/mol. The van der Waals surface area contributed by atoms with Gasteiger partial charge >= 0.3 is 0 Å². The normalized spacial score (nSPS) is 13.1. The van der Waals surface area contributed by atoms with E-state index in [1.54, 1.807) is 6.21 Å². The van der Waals surface area contributed by atoms with Gasteiger partial charge in [-0.05, 0) is 72.6 Å². The van der Waals surface area contributed by atoms with Crippen LogP contribution in [-0.4, -0.2) is 60.8 Å². The summed E-state index contributed by atoms with van der Waals surface area (Å²) in [6.07, 6.45) is 2.51. The Labute approximate surface area is 237 Å². The molecular weight excluding hydrogens is 484 g/mol. The Morgan fingerprint density at radius 1 is 0.846 bits per heavy atom. The van der Waals surface area contributed by atoms with Crippen molar-refractivity contribution in [2.75, 3.05) is 33.7 Å². The third kappa shape index (κ3) is 10.4. The van der Waals surface area contributed by atoms with Gasteiger partial charge in [0.2, 0.25) is 0 Å². The van der Waals surface area contributed by atoms with Crippen molar-refractivity contribution in [3.63, 3.8) is 0 Å². The molecule has 0 aliphatic rings. The lowest BCUT2D eigenvalue weighted by atomic mass is 9.79. The van der Waals surface area contributed by atoms with Crippen LogP contribution in [0.5, 0.6) is 5.75 Å². The molecule has 39 heavy (non-hydrogen) atoms. The Balaban J connectivity index is 1.85. The van der Waals surface area contributed by atoms with Crippen LogP contribution in [0.3, 0.4) is 0 Å². The summed E-state index contributed by atoms with van der Waals surface area (Å²) in [5, 5.41) is 15.0. The number of hydrogen-bond acceptors (Lipinski definition) is 5. The zero-order valence-electron chi connectivity index (χ0n) is 26.3. The lowest BCUT2D eigenvalue weighted by molar-refractivity contribution is -0.121. The van der Waals surface area contributed by atoms with Crippen molar-refractivity contribution < 1.29 is 9.90 Å². The minimum atomic E-state index is -0.217. The number of hydrogen-bond donors (Lipinski definition) is 2.